The van der Waals surface area contributed by atoms with E-state index in [-0.39, 0.29) is 17.9 Å². The number of carbonyl (C=O) groups excluding carboxylic acids is 1. The van der Waals surface area contributed by atoms with Gasteiger partial charge in [-0.1, -0.05) is 20.8 Å². The molecule has 0 bridgehead atoms. The molecule has 6 nitrogen and oxygen atoms in total. The number of ether oxygens (including phenoxy) is 1. The molecule has 0 saturated carbocycles. The van der Waals surface area contributed by atoms with E-state index in [1.165, 1.54) is 4.31 Å². The maximum atomic E-state index is 12.7. The lowest BCUT2D eigenvalue weighted by Gasteiger charge is -2.31. The molecule has 0 aromatic heterocycles. The Balaban J connectivity index is 3.17. The van der Waals surface area contributed by atoms with E-state index >= 15 is 0 Å². The van der Waals surface area contributed by atoms with Crippen LogP contribution in [0.2, 0.25) is 0 Å². The fourth-order valence-corrected chi connectivity index (χ4v) is 3.62. The molecule has 25 heavy (non-hydrogen) atoms. The Kier molecular flexibility index (Phi) is 7.73. The number of nitrogens with one attached hydrogen (secondary N) is 1. The second kappa shape index (κ2) is 9.08. The average molecular weight is 371 g/mol. The molecule has 1 N–H and O–H groups in total. The van der Waals surface area contributed by atoms with Crippen LogP contribution in [0.1, 0.15) is 41.0 Å². The van der Waals surface area contributed by atoms with Gasteiger partial charge in [0.05, 0.1) is 18.6 Å². The molecular formula is C18H30N2O4S. The van der Waals surface area contributed by atoms with Crippen LogP contribution < -0.4 is 14.4 Å². The van der Waals surface area contributed by atoms with Crippen LogP contribution in [0.3, 0.4) is 0 Å². The topological polar surface area (TPSA) is 75.7 Å². The van der Waals surface area contributed by atoms with Gasteiger partial charge in [-0.15, -0.1) is 0 Å². The quantitative estimate of drug-likeness (QED) is 0.725. The lowest BCUT2D eigenvalue weighted by Crippen LogP contribution is -2.51. The van der Waals surface area contributed by atoms with Gasteiger partial charge in [0, 0.05) is 6.04 Å². The highest BCUT2D eigenvalue weighted by molar-refractivity contribution is 7.92. The minimum absolute atomic E-state index is 0.0386. The summed E-state index contributed by atoms with van der Waals surface area (Å²) in [6.45, 7) is 10.1. The Morgan fingerprint density at radius 1 is 1.16 bits per heavy atom. The van der Waals surface area contributed by atoms with Crippen molar-refractivity contribution in [3.05, 3.63) is 24.3 Å². The summed E-state index contributed by atoms with van der Waals surface area (Å²) in [6.07, 6.45) is 1.49. The first-order valence-corrected chi connectivity index (χ1v) is 10.5. The molecule has 0 aliphatic rings. The van der Waals surface area contributed by atoms with E-state index in [2.05, 4.69) is 5.32 Å². The van der Waals surface area contributed by atoms with Crippen molar-refractivity contribution in [2.75, 3.05) is 17.2 Å². The molecular weight excluding hydrogens is 340 g/mol. The van der Waals surface area contributed by atoms with Crippen LogP contribution in [-0.4, -0.2) is 39.3 Å². The van der Waals surface area contributed by atoms with E-state index in [9.17, 15) is 13.2 Å². The summed E-state index contributed by atoms with van der Waals surface area (Å²) >= 11 is 0. The van der Waals surface area contributed by atoms with Crippen LogP contribution >= 0.6 is 0 Å². The van der Waals surface area contributed by atoms with Gasteiger partial charge in [-0.05, 0) is 50.5 Å². The van der Waals surface area contributed by atoms with Gasteiger partial charge in [-0.3, -0.25) is 9.10 Å². The zero-order chi connectivity index (χ0) is 19.2. The number of hydrogen-bond acceptors (Lipinski definition) is 4. The Labute approximate surface area is 151 Å². The zero-order valence-electron chi connectivity index (χ0n) is 15.9. The third-order valence-corrected chi connectivity index (χ3v) is 5.28. The van der Waals surface area contributed by atoms with Crippen molar-refractivity contribution in [3.8, 4) is 5.75 Å². The van der Waals surface area contributed by atoms with Crippen molar-refractivity contribution in [3.63, 3.8) is 0 Å². The molecule has 0 saturated heterocycles. The normalized spacial score (nSPS) is 14.0. The van der Waals surface area contributed by atoms with Crippen molar-refractivity contribution in [1.82, 2.24) is 5.32 Å². The number of rotatable bonds is 9. The predicted molar refractivity (Wildman–Crippen MR) is 101 cm³/mol. The lowest BCUT2D eigenvalue weighted by molar-refractivity contribution is -0.123. The number of carbonyl (C=O) groups is 1. The number of hydrogen-bond donors (Lipinski definition) is 1. The van der Waals surface area contributed by atoms with Crippen molar-refractivity contribution in [1.29, 1.82) is 0 Å². The minimum atomic E-state index is -3.62. The van der Waals surface area contributed by atoms with E-state index in [1.54, 1.807) is 31.2 Å². The van der Waals surface area contributed by atoms with Gasteiger partial charge in [0.25, 0.3) is 0 Å². The van der Waals surface area contributed by atoms with Crippen LogP contribution in [0, 0.1) is 5.92 Å². The second-order valence-corrected chi connectivity index (χ2v) is 8.31. The first-order chi connectivity index (χ1) is 11.6. The van der Waals surface area contributed by atoms with E-state index in [4.69, 9.17) is 4.74 Å². The predicted octanol–water partition coefficient (Wildman–Crippen LogP) is 2.79. The molecule has 0 aliphatic carbocycles. The zero-order valence-corrected chi connectivity index (χ0v) is 16.8. The summed E-state index contributed by atoms with van der Waals surface area (Å²) < 4.78 is 31.3. The van der Waals surface area contributed by atoms with Gasteiger partial charge in [-0.2, -0.15) is 0 Å². The maximum absolute atomic E-state index is 12.7. The van der Waals surface area contributed by atoms with Gasteiger partial charge in [0.1, 0.15) is 11.8 Å². The van der Waals surface area contributed by atoms with Gasteiger partial charge in [0.15, 0.2) is 0 Å². The highest BCUT2D eigenvalue weighted by Crippen LogP contribution is 2.25. The van der Waals surface area contributed by atoms with Gasteiger partial charge < -0.3 is 10.1 Å². The molecule has 1 aromatic rings. The lowest BCUT2D eigenvalue weighted by atomic mass is 10.1. The summed E-state index contributed by atoms with van der Waals surface area (Å²) in [4.78, 5) is 12.7. The summed E-state index contributed by atoms with van der Waals surface area (Å²) in [5.74, 6) is 0.632. The fraction of sp³-hybridized carbons (Fsp3) is 0.611. The molecule has 2 unspecified atom stereocenters. The van der Waals surface area contributed by atoms with Crippen LogP contribution in [0.25, 0.3) is 0 Å². The Bertz CT molecular complexity index is 656. The van der Waals surface area contributed by atoms with Gasteiger partial charge in [-0.25, -0.2) is 8.42 Å². The fourth-order valence-electron chi connectivity index (χ4n) is 2.40. The van der Waals surface area contributed by atoms with E-state index in [0.29, 0.717) is 24.5 Å². The number of benzene rings is 1. The van der Waals surface area contributed by atoms with Crippen LogP contribution in [0.15, 0.2) is 24.3 Å². The highest BCUT2D eigenvalue weighted by atomic mass is 32.2. The molecule has 2 atom stereocenters. The summed E-state index contributed by atoms with van der Waals surface area (Å²) in [7, 11) is -3.62. The van der Waals surface area contributed by atoms with E-state index in [1.807, 2.05) is 27.7 Å². The van der Waals surface area contributed by atoms with Gasteiger partial charge >= 0.3 is 0 Å². The van der Waals surface area contributed by atoms with Crippen LogP contribution in [0.5, 0.6) is 5.75 Å². The summed E-state index contributed by atoms with van der Waals surface area (Å²) in [6, 6.07) is 5.90. The monoisotopic (exact) mass is 370 g/mol. The molecule has 7 heteroatoms. The van der Waals surface area contributed by atoms with Crippen LogP contribution in [0.4, 0.5) is 5.69 Å². The summed E-state index contributed by atoms with van der Waals surface area (Å²) in [5.41, 5.74) is 0.449. The maximum Gasteiger partial charge on any atom is 0.244 e. The molecule has 0 radical (unpaired) electrons. The Hall–Kier alpha value is -1.76. The van der Waals surface area contributed by atoms with Crippen LogP contribution in [-0.2, 0) is 14.8 Å². The Morgan fingerprint density at radius 2 is 1.72 bits per heavy atom. The molecule has 0 spiro atoms. The SMILES string of the molecule is CCOc1ccc(N(C(CC)C(=O)NC(C)C(C)C)S(C)(=O)=O)cc1. The van der Waals surface area contributed by atoms with Crippen molar-refractivity contribution < 1.29 is 17.9 Å². The smallest absolute Gasteiger partial charge is 0.244 e. The summed E-state index contributed by atoms with van der Waals surface area (Å²) in [5, 5.41) is 2.91. The molecule has 142 valence electrons. The van der Waals surface area contributed by atoms with E-state index in [0.717, 1.165) is 6.26 Å². The van der Waals surface area contributed by atoms with Crippen molar-refractivity contribution >= 4 is 21.6 Å². The first kappa shape index (κ1) is 21.3. The second-order valence-electron chi connectivity index (χ2n) is 6.45. The third-order valence-electron chi connectivity index (χ3n) is 4.10. The Morgan fingerprint density at radius 3 is 2.12 bits per heavy atom. The number of nitrogens with zero attached hydrogens (tertiary/aromatic N) is 1. The van der Waals surface area contributed by atoms with Crippen molar-refractivity contribution in [2.45, 2.75) is 53.1 Å². The molecule has 1 rings (SSSR count). The van der Waals surface area contributed by atoms with Crippen molar-refractivity contribution in [2.24, 2.45) is 5.92 Å². The highest BCUT2D eigenvalue weighted by Gasteiger charge is 2.32. The number of sulfonamides is 1. The van der Waals surface area contributed by atoms with E-state index < -0.39 is 16.1 Å². The molecule has 0 heterocycles. The average Bonchev–Trinajstić information content (AvgIpc) is 2.52. The minimum Gasteiger partial charge on any atom is -0.494 e. The third kappa shape index (κ3) is 5.92. The first-order valence-electron chi connectivity index (χ1n) is 8.64. The standard InChI is InChI=1S/C18H30N2O4S/c1-7-17(18(21)19-14(5)13(3)4)20(25(6,22)23)15-9-11-16(12-10-15)24-8-2/h9-14,17H,7-8H2,1-6H3,(H,19,21). The van der Waals surface area contributed by atoms with Gasteiger partial charge in [0.2, 0.25) is 15.9 Å². The molecule has 0 aliphatic heterocycles. The largest absolute Gasteiger partial charge is 0.494 e. The number of anilines is 1. The molecule has 1 amide bonds. The number of amides is 1. The molecule has 1 aromatic carbocycles. The molecule has 0 fully saturated rings.